The number of aryl methyl sites for hydroxylation is 1. The second-order valence-electron chi connectivity index (χ2n) is 4.08. The quantitative estimate of drug-likeness (QED) is 0.709. The maximum atomic E-state index is 11.4. The van der Waals surface area contributed by atoms with Crippen LogP contribution in [0.5, 0.6) is 0 Å². The maximum Gasteiger partial charge on any atom is 0.323 e. The van der Waals surface area contributed by atoms with Gasteiger partial charge in [-0.3, -0.25) is 4.79 Å². The van der Waals surface area contributed by atoms with Crippen LogP contribution >= 0.6 is 0 Å². The Morgan fingerprint density at radius 2 is 2.40 bits per heavy atom. The van der Waals surface area contributed by atoms with Gasteiger partial charge in [-0.1, -0.05) is 0 Å². The van der Waals surface area contributed by atoms with Crippen molar-refractivity contribution in [3.63, 3.8) is 0 Å². The Hall–Kier alpha value is -1.36. The third kappa shape index (κ3) is 1.52. The fourth-order valence-electron chi connectivity index (χ4n) is 1.88. The number of esters is 1. The van der Waals surface area contributed by atoms with Gasteiger partial charge in [0.15, 0.2) is 0 Å². The molecule has 5 nitrogen and oxygen atoms in total. The van der Waals surface area contributed by atoms with Crippen molar-refractivity contribution in [2.75, 3.05) is 7.11 Å². The van der Waals surface area contributed by atoms with Crippen LogP contribution in [0.1, 0.15) is 18.5 Å². The van der Waals surface area contributed by atoms with Crippen LogP contribution in [0, 0.1) is 0 Å². The first-order chi connectivity index (χ1) is 7.10. The van der Waals surface area contributed by atoms with Crippen molar-refractivity contribution >= 4 is 5.97 Å². The van der Waals surface area contributed by atoms with Crippen LogP contribution < -0.4 is 5.73 Å². The van der Waals surface area contributed by atoms with E-state index < -0.39 is 6.04 Å². The number of nitrogens with two attached hydrogens (primary N) is 1. The van der Waals surface area contributed by atoms with Crippen molar-refractivity contribution in [2.24, 2.45) is 12.8 Å². The number of nitrogens with zero attached hydrogens (tertiary/aromatic N) is 2. The lowest BCUT2D eigenvalue weighted by atomic mass is 9.94. The van der Waals surface area contributed by atoms with Gasteiger partial charge in [-0.05, 0) is 12.8 Å². The molecule has 1 aliphatic carbocycles. The smallest absolute Gasteiger partial charge is 0.323 e. The van der Waals surface area contributed by atoms with Crippen molar-refractivity contribution in [1.29, 1.82) is 0 Å². The van der Waals surface area contributed by atoms with Gasteiger partial charge < -0.3 is 15.0 Å². The molecule has 82 valence electrons. The molecule has 1 unspecified atom stereocenters. The second-order valence-corrected chi connectivity index (χ2v) is 4.08. The number of carbonyl (C=O) groups excluding carboxylic acids is 1. The molecule has 1 aliphatic rings. The summed E-state index contributed by atoms with van der Waals surface area (Å²) in [5.41, 5.74) is 6.49. The number of carbonyl (C=O) groups is 1. The largest absolute Gasteiger partial charge is 0.468 e. The molecule has 0 aliphatic heterocycles. The first-order valence-electron chi connectivity index (χ1n) is 4.92. The van der Waals surface area contributed by atoms with Gasteiger partial charge in [0.1, 0.15) is 6.04 Å². The molecule has 1 atom stereocenters. The average molecular weight is 209 g/mol. The number of aromatic nitrogens is 2. The normalized spacial score (nSPS) is 19.7. The summed E-state index contributed by atoms with van der Waals surface area (Å²) in [6.07, 6.45) is 5.44. The summed E-state index contributed by atoms with van der Waals surface area (Å²) in [7, 11) is 3.26. The topological polar surface area (TPSA) is 70.1 Å². The Morgan fingerprint density at radius 3 is 2.80 bits per heavy atom. The average Bonchev–Trinajstić information content (AvgIpc) is 2.94. The first-order valence-corrected chi connectivity index (χ1v) is 4.92. The SMILES string of the molecule is COC(=O)C(N)C1(c2cn(C)cn2)CC1. The van der Waals surface area contributed by atoms with Crippen molar-refractivity contribution in [3.05, 3.63) is 18.2 Å². The van der Waals surface area contributed by atoms with Gasteiger partial charge in [-0.2, -0.15) is 0 Å². The summed E-state index contributed by atoms with van der Waals surface area (Å²) in [6.45, 7) is 0. The van der Waals surface area contributed by atoms with E-state index >= 15 is 0 Å². The van der Waals surface area contributed by atoms with E-state index in [2.05, 4.69) is 9.72 Å². The van der Waals surface area contributed by atoms with Crippen LogP contribution in [0.3, 0.4) is 0 Å². The molecule has 1 saturated carbocycles. The lowest BCUT2D eigenvalue weighted by Crippen LogP contribution is -2.43. The lowest BCUT2D eigenvalue weighted by molar-refractivity contribution is -0.143. The monoisotopic (exact) mass is 209 g/mol. The molecule has 0 spiro atoms. The minimum atomic E-state index is -0.600. The molecule has 2 rings (SSSR count). The molecule has 5 heteroatoms. The van der Waals surface area contributed by atoms with Gasteiger partial charge in [0.05, 0.1) is 19.1 Å². The van der Waals surface area contributed by atoms with Crippen LogP contribution in [0.2, 0.25) is 0 Å². The molecule has 1 heterocycles. The van der Waals surface area contributed by atoms with Crippen LogP contribution in [0.25, 0.3) is 0 Å². The predicted octanol–water partition coefficient (Wildman–Crippen LogP) is -0.0480. The molecule has 0 radical (unpaired) electrons. The summed E-state index contributed by atoms with van der Waals surface area (Å²) < 4.78 is 6.53. The number of ether oxygens (including phenoxy) is 1. The Balaban J connectivity index is 2.24. The summed E-state index contributed by atoms with van der Waals surface area (Å²) in [5, 5.41) is 0. The zero-order valence-corrected chi connectivity index (χ0v) is 8.93. The lowest BCUT2D eigenvalue weighted by Gasteiger charge is -2.18. The highest BCUT2D eigenvalue weighted by Gasteiger charge is 2.54. The molecule has 2 N–H and O–H groups in total. The Morgan fingerprint density at radius 1 is 1.73 bits per heavy atom. The first kappa shape index (κ1) is 10.2. The van der Waals surface area contributed by atoms with E-state index in [1.54, 1.807) is 6.33 Å². The number of hydrogen-bond acceptors (Lipinski definition) is 4. The number of rotatable bonds is 3. The molecular formula is C10H15N3O2. The second kappa shape index (κ2) is 3.34. The van der Waals surface area contributed by atoms with Crippen LogP contribution in [-0.2, 0) is 22.0 Å². The van der Waals surface area contributed by atoms with Crippen LogP contribution in [-0.4, -0.2) is 28.7 Å². The standard InChI is InChI=1S/C10H15N3O2/c1-13-5-7(12-6-13)10(3-4-10)8(11)9(14)15-2/h5-6,8H,3-4,11H2,1-2H3. The highest BCUT2D eigenvalue weighted by Crippen LogP contribution is 2.49. The van der Waals surface area contributed by atoms with E-state index in [0.717, 1.165) is 18.5 Å². The molecule has 15 heavy (non-hydrogen) atoms. The minimum Gasteiger partial charge on any atom is -0.468 e. The third-order valence-electron chi connectivity index (χ3n) is 3.05. The summed E-state index contributed by atoms with van der Waals surface area (Å²) in [4.78, 5) is 15.7. The fourth-order valence-corrected chi connectivity index (χ4v) is 1.88. The summed E-state index contributed by atoms with van der Waals surface area (Å²) >= 11 is 0. The summed E-state index contributed by atoms with van der Waals surface area (Å²) in [5.74, 6) is -0.363. The van der Waals surface area contributed by atoms with E-state index in [1.165, 1.54) is 7.11 Å². The highest BCUT2D eigenvalue weighted by atomic mass is 16.5. The zero-order chi connectivity index (χ0) is 11.1. The van der Waals surface area contributed by atoms with Gasteiger partial charge >= 0.3 is 5.97 Å². The van der Waals surface area contributed by atoms with Gasteiger partial charge in [-0.15, -0.1) is 0 Å². The van der Waals surface area contributed by atoms with Crippen LogP contribution in [0.15, 0.2) is 12.5 Å². The molecule has 0 amide bonds. The molecule has 1 aromatic rings. The van der Waals surface area contributed by atoms with Gasteiger partial charge in [0.2, 0.25) is 0 Å². The highest BCUT2D eigenvalue weighted by molar-refractivity contribution is 5.78. The van der Waals surface area contributed by atoms with Crippen molar-refractivity contribution in [3.8, 4) is 0 Å². The van der Waals surface area contributed by atoms with Gasteiger partial charge in [-0.25, -0.2) is 4.98 Å². The summed E-state index contributed by atoms with van der Waals surface area (Å²) in [6, 6.07) is -0.600. The number of hydrogen-bond donors (Lipinski definition) is 1. The van der Waals surface area contributed by atoms with Gasteiger partial charge in [0, 0.05) is 18.7 Å². The Bertz CT molecular complexity index is 382. The van der Waals surface area contributed by atoms with E-state index in [1.807, 2.05) is 17.8 Å². The number of methoxy groups -OCH3 is 1. The number of imidazole rings is 1. The molecule has 1 fully saturated rings. The van der Waals surface area contributed by atoms with E-state index in [4.69, 9.17) is 5.73 Å². The Kier molecular flexibility index (Phi) is 2.26. The molecule has 1 aromatic heterocycles. The molecular weight excluding hydrogens is 194 g/mol. The van der Waals surface area contributed by atoms with E-state index in [9.17, 15) is 4.79 Å². The van der Waals surface area contributed by atoms with Crippen molar-refractivity contribution < 1.29 is 9.53 Å². The molecule has 0 bridgehead atoms. The minimum absolute atomic E-state index is 0.283. The van der Waals surface area contributed by atoms with E-state index in [0.29, 0.717) is 0 Å². The van der Waals surface area contributed by atoms with E-state index in [-0.39, 0.29) is 11.4 Å². The predicted molar refractivity (Wildman–Crippen MR) is 54.1 cm³/mol. The van der Waals surface area contributed by atoms with Crippen molar-refractivity contribution in [2.45, 2.75) is 24.3 Å². The Labute approximate surface area is 88.2 Å². The van der Waals surface area contributed by atoms with Gasteiger partial charge in [0.25, 0.3) is 0 Å². The molecule has 0 aromatic carbocycles. The zero-order valence-electron chi connectivity index (χ0n) is 8.93. The fraction of sp³-hybridized carbons (Fsp3) is 0.600. The third-order valence-corrected chi connectivity index (χ3v) is 3.05. The van der Waals surface area contributed by atoms with Crippen molar-refractivity contribution in [1.82, 2.24) is 9.55 Å². The molecule has 0 saturated heterocycles. The maximum absolute atomic E-state index is 11.4. The van der Waals surface area contributed by atoms with Crippen LogP contribution in [0.4, 0.5) is 0 Å².